The molecule has 0 bridgehead atoms. The molecule has 0 spiro atoms. The maximum atomic E-state index is 11.3. The third-order valence-corrected chi connectivity index (χ3v) is 2.69. The van der Waals surface area contributed by atoms with E-state index in [2.05, 4.69) is 0 Å². The molecule has 1 atom stereocenters. The van der Waals surface area contributed by atoms with Crippen LogP contribution in [0.25, 0.3) is 0 Å². The lowest BCUT2D eigenvalue weighted by atomic mass is 9.77. The highest BCUT2D eigenvalue weighted by Gasteiger charge is 2.45. The molecule has 74 valence electrons. The molecule has 1 rings (SSSR count). The first-order valence-electron chi connectivity index (χ1n) is 4.17. The lowest BCUT2D eigenvalue weighted by Crippen LogP contribution is -2.41. The molecule has 5 nitrogen and oxygen atoms in total. The van der Waals surface area contributed by atoms with Gasteiger partial charge in [-0.2, -0.15) is 0 Å². The normalized spacial score (nSPS) is 23.8. The Kier molecular flexibility index (Phi) is 2.30. The maximum Gasteiger partial charge on any atom is 0.250 e. The van der Waals surface area contributed by atoms with Crippen LogP contribution in [0.4, 0.5) is 0 Å². The summed E-state index contributed by atoms with van der Waals surface area (Å²) in [6.07, 6.45) is 0.477. The van der Waals surface area contributed by atoms with E-state index in [1.165, 1.54) is 0 Å². The Balaban J connectivity index is 2.84. The van der Waals surface area contributed by atoms with E-state index in [0.717, 1.165) is 0 Å². The molecular formula is C8H14N2O3. The first-order valence-corrected chi connectivity index (χ1v) is 4.17. The molecule has 1 aliphatic rings. The van der Waals surface area contributed by atoms with Crippen LogP contribution in [0, 0.1) is 11.3 Å². The van der Waals surface area contributed by atoms with E-state index >= 15 is 0 Å². The van der Waals surface area contributed by atoms with Crippen LogP contribution in [0.2, 0.25) is 0 Å². The predicted octanol–water partition coefficient (Wildman–Crippen LogP) is -0.264. The molecule has 1 saturated heterocycles. The van der Waals surface area contributed by atoms with Gasteiger partial charge in [-0.15, -0.1) is 0 Å². The third-order valence-electron chi connectivity index (χ3n) is 2.69. The zero-order chi connectivity index (χ0) is 10.2. The van der Waals surface area contributed by atoms with Crippen molar-refractivity contribution in [3.05, 3.63) is 0 Å². The molecule has 0 aromatic carbocycles. The van der Waals surface area contributed by atoms with Gasteiger partial charge in [0, 0.05) is 6.54 Å². The molecule has 13 heavy (non-hydrogen) atoms. The number of hydroxylamine groups is 2. The van der Waals surface area contributed by atoms with Crippen LogP contribution in [-0.2, 0) is 9.59 Å². The largest absolute Gasteiger partial charge is 0.369 e. The first kappa shape index (κ1) is 9.98. The molecule has 0 aromatic rings. The van der Waals surface area contributed by atoms with Gasteiger partial charge in [0.05, 0.1) is 11.3 Å². The Bertz CT molecular complexity index is 250. The minimum absolute atomic E-state index is 0.278. The molecule has 2 amide bonds. The number of primary amides is 1. The van der Waals surface area contributed by atoms with E-state index in [1.54, 1.807) is 13.8 Å². The van der Waals surface area contributed by atoms with E-state index < -0.39 is 23.1 Å². The lowest BCUT2D eigenvalue weighted by Gasteiger charge is -2.25. The highest BCUT2D eigenvalue weighted by Crippen LogP contribution is 2.34. The fourth-order valence-corrected chi connectivity index (χ4v) is 1.51. The molecule has 0 saturated carbocycles. The van der Waals surface area contributed by atoms with Gasteiger partial charge in [-0.3, -0.25) is 14.8 Å². The molecule has 5 heteroatoms. The lowest BCUT2D eigenvalue weighted by molar-refractivity contribution is -0.163. The van der Waals surface area contributed by atoms with E-state index in [4.69, 9.17) is 10.9 Å². The Labute approximate surface area is 76.5 Å². The van der Waals surface area contributed by atoms with Crippen LogP contribution in [0.15, 0.2) is 0 Å². The summed E-state index contributed by atoms with van der Waals surface area (Å²) in [4.78, 5) is 22.4. The Hall–Kier alpha value is -1.10. The minimum atomic E-state index is -0.880. The number of hydrogen-bond acceptors (Lipinski definition) is 3. The molecule has 1 aliphatic heterocycles. The van der Waals surface area contributed by atoms with Crippen molar-refractivity contribution in [3.63, 3.8) is 0 Å². The number of carbonyl (C=O) groups excluding carboxylic acids is 2. The van der Waals surface area contributed by atoms with Crippen LogP contribution >= 0.6 is 0 Å². The van der Waals surface area contributed by atoms with Crippen LogP contribution in [0.5, 0.6) is 0 Å². The summed E-state index contributed by atoms with van der Waals surface area (Å²) in [5.41, 5.74) is 4.29. The number of nitrogens with zero attached hydrogens (tertiary/aromatic N) is 1. The van der Waals surface area contributed by atoms with Gasteiger partial charge < -0.3 is 5.73 Å². The third kappa shape index (κ3) is 1.51. The van der Waals surface area contributed by atoms with Gasteiger partial charge in [0.25, 0.3) is 0 Å². The van der Waals surface area contributed by atoms with Gasteiger partial charge in [-0.25, -0.2) is 5.06 Å². The second-order valence-corrected chi connectivity index (χ2v) is 3.89. The Morgan fingerprint density at radius 3 is 2.54 bits per heavy atom. The Morgan fingerprint density at radius 2 is 2.23 bits per heavy atom. The number of hydrogen-bond donors (Lipinski definition) is 2. The summed E-state index contributed by atoms with van der Waals surface area (Å²) in [5, 5.41) is 9.69. The van der Waals surface area contributed by atoms with Gasteiger partial charge in [0.1, 0.15) is 0 Å². The van der Waals surface area contributed by atoms with Crippen molar-refractivity contribution in [2.75, 3.05) is 6.54 Å². The monoisotopic (exact) mass is 186 g/mol. The number of amides is 2. The quantitative estimate of drug-likeness (QED) is 0.582. The summed E-state index contributed by atoms with van der Waals surface area (Å²) in [7, 11) is 0. The fourth-order valence-electron chi connectivity index (χ4n) is 1.51. The van der Waals surface area contributed by atoms with E-state index in [0.29, 0.717) is 11.5 Å². The second-order valence-electron chi connectivity index (χ2n) is 3.89. The first-order chi connectivity index (χ1) is 5.87. The van der Waals surface area contributed by atoms with Crippen molar-refractivity contribution in [1.29, 1.82) is 0 Å². The topological polar surface area (TPSA) is 83.6 Å². The van der Waals surface area contributed by atoms with Crippen molar-refractivity contribution in [2.24, 2.45) is 17.1 Å². The summed E-state index contributed by atoms with van der Waals surface area (Å²) < 4.78 is 0. The average Bonchev–Trinajstić information content (AvgIpc) is 2.33. The molecule has 0 radical (unpaired) electrons. The van der Waals surface area contributed by atoms with Gasteiger partial charge >= 0.3 is 0 Å². The molecule has 0 aromatic heterocycles. The van der Waals surface area contributed by atoms with Crippen LogP contribution < -0.4 is 5.73 Å². The molecule has 1 fully saturated rings. The minimum Gasteiger partial charge on any atom is -0.369 e. The summed E-state index contributed by atoms with van der Waals surface area (Å²) in [5.74, 6) is -1.42. The zero-order valence-corrected chi connectivity index (χ0v) is 7.78. The number of nitrogens with two attached hydrogens (primary N) is 1. The Morgan fingerprint density at radius 1 is 1.69 bits per heavy atom. The van der Waals surface area contributed by atoms with Crippen molar-refractivity contribution >= 4 is 11.8 Å². The fraction of sp³-hybridized carbons (Fsp3) is 0.750. The molecule has 1 unspecified atom stereocenters. The summed E-state index contributed by atoms with van der Waals surface area (Å²) in [6.45, 7) is 3.52. The molecular weight excluding hydrogens is 172 g/mol. The van der Waals surface area contributed by atoms with Gasteiger partial charge in [-0.1, -0.05) is 13.8 Å². The average molecular weight is 186 g/mol. The van der Waals surface area contributed by atoms with Gasteiger partial charge in [0.2, 0.25) is 11.8 Å². The number of carbonyl (C=O) groups is 2. The van der Waals surface area contributed by atoms with Crippen LogP contribution in [0.1, 0.15) is 20.3 Å². The van der Waals surface area contributed by atoms with E-state index in [9.17, 15) is 9.59 Å². The standard InChI is InChI=1S/C8H14N2O3/c1-8(2,7(9)12)5-3-4-10(13)6(5)11/h5,13H,3-4H2,1-2H3,(H2,9,12). The summed E-state index contributed by atoms with van der Waals surface area (Å²) >= 11 is 0. The summed E-state index contributed by atoms with van der Waals surface area (Å²) in [6, 6.07) is 0. The molecule has 1 heterocycles. The van der Waals surface area contributed by atoms with Crippen molar-refractivity contribution in [2.45, 2.75) is 20.3 Å². The van der Waals surface area contributed by atoms with Crippen molar-refractivity contribution < 1.29 is 14.8 Å². The second kappa shape index (κ2) is 2.99. The number of rotatable bonds is 2. The SMILES string of the molecule is CC(C)(C(N)=O)C1CCN(O)C1=O. The van der Waals surface area contributed by atoms with E-state index in [1.807, 2.05) is 0 Å². The zero-order valence-electron chi connectivity index (χ0n) is 7.78. The predicted molar refractivity (Wildman–Crippen MR) is 44.6 cm³/mol. The van der Waals surface area contributed by atoms with E-state index in [-0.39, 0.29) is 6.54 Å². The van der Waals surface area contributed by atoms with Crippen molar-refractivity contribution in [3.8, 4) is 0 Å². The van der Waals surface area contributed by atoms with Crippen LogP contribution in [-0.4, -0.2) is 28.6 Å². The van der Waals surface area contributed by atoms with Gasteiger partial charge in [0.15, 0.2) is 0 Å². The molecule has 0 aliphatic carbocycles. The molecule has 3 N–H and O–H groups in total. The smallest absolute Gasteiger partial charge is 0.250 e. The highest BCUT2D eigenvalue weighted by atomic mass is 16.5. The van der Waals surface area contributed by atoms with Crippen LogP contribution in [0.3, 0.4) is 0 Å². The maximum absolute atomic E-state index is 11.3. The van der Waals surface area contributed by atoms with Crippen molar-refractivity contribution in [1.82, 2.24) is 5.06 Å². The van der Waals surface area contributed by atoms with Gasteiger partial charge in [-0.05, 0) is 6.42 Å². The highest BCUT2D eigenvalue weighted by molar-refractivity contribution is 5.89.